The number of fused-ring (bicyclic) bond motifs is 1. The van der Waals surface area contributed by atoms with E-state index in [4.69, 9.17) is 14.9 Å². The number of benzene rings is 1. The standard InChI is InChI=1S/C21H27FN4O4S/c1-12(27)24-8-14-9-26(21(28)30-14)13-3-4-18(17(22)7-13)25-10-15-16(11-25)19(15)20(23)29-5-6-31-2/h3-4,7,14-16,19,23H,5-6,8-11H2,1-2H3,(H,24,27)/t14-,15-,16+,19?/m0/s1. The summed E-state index contributed by atoms with van der Waals surface area (Å²) in [4.78, 5) is 26.6. The molecule has 3 fully saturated rings. The van der Waals surface area contributed by atoms with Gasteiger partial charge in [-0.1, -0.05) is 0 Å². The zero-order valence-corrected chi connectivity index (χ0v) is 18.4. The highest BCUT2D eigenvalue weighted by Gasteiger charge is 2.59. The van der Waals surface area contributed by atoms with Gasteiger partial charge in [-0.05, 0) is 36.3 Å². The maximum absolute atomic E-state index is 14.9. The van der Waals surface area contributed by atoms with Gasteiger partial charge in [-0.25, -0.2) is 9.18 Å². The minimum absolute atomic E-state index is 0.153. The predicted octanol–water partition coefficient (Wildman–Crippen LogP) is 2.33. The van der Waals surface area contributed by atoms with Crippen LogP contribution in [0.2, 0.25) is 0 Å². The number of anilines is 2. The first-order valence-corrected chi connectivity index (χ1v) is 11.8. The summed E-state index contributed by atoms with van der Waals surface area (Å²) in [5.41, 5.74) is 0.940. The highest BCUT2D eigenvalue weighted by molar-refractivity contribution is 7.98. The summed E-state index contributed by atoms with van der Waals surface area (Å²) in [5.74, 6) is 1.47. The number of halogens is 1. The van der Waals surface area contributed by atoms with E-state index in [1.54, 1.807) is 23.9 Å². The lowest BCUT2D eigenvalue weighted by Crippen LogP contribution is -2.33. The Kier molecular flexibility index (Phi) is 6.27. The smallest absolute Gasteiger partial charge is 0.414 e. The Morgan fingerprint density at radius 3 is 2.74 bits per heavy atom. The minimum atomic E-state index is -0.548. The van der Waals surface area contributed by atoms with Crippen LogP contribution in [0.4, 0.5) is 20.6 Å². The largest absolute Gasteiger partial charge is 0.480 e. The maximum atomic E-state index is 14.9. The summed E-state index contributed by atoms with van der Waals surface area (Å²) in [6.45, 7) is 3.84. The summed E-state index contributed by atoms with van der Waals surface area (Å²) in [7, 11) is 0. The molecule has 1 aromatic rings. The SMILES string of the molecule is CSCCOC(=N)C1[C@H]2CN(c3ccc(N4C[C@H](CNC(C)=O)OC4=O)cc3F)C[C@@H]12. The lowest BCUT2D eigenvalue weighted by molar-refractivity contribution is -0.119. The molecule has 2 saturated heterocycles. The van der Waals surface area contributed by atoms with Gasteiger partial charge >= 0.3 is 6.09 Å². The van der Waals surface area contributed by atoms with Crippen molar-refractivity contribution < 1.29 is 23.5 Å². The third-order valence-corrected chi connectivity index (χ3v) is 6.65. The second-order valence-electron chi connectivity index (χ2n) is 8.15. The molecular formula is C21H27FN4O4S. The summed E-state index contributed by atoms with van der Waals surface area (Å²) in [6.07, 6.45) is 0.996. The fraction of sp³-hybridized carbons (Fsp3) is 0.571. The molecule has 4 atom stereocenters. The van der Waals surface area contributed by atoms with Crippen molar-refractivity contribution in [1.29, 1.82) is 5.41 Å². The van der Waals surface area contributed by atoms with Crippen LogP contribution in [-0.2, 0) is 14.3 Å². The second kappa shape index (κ2) is 8.94. The Hall–Kier alpha value is -2.49. The van der Waals surface area contributed by atoms with Crippen molar-refractivity contribution in [3.63, 3.8) is 0 Å². The van der Waals surface area contributed by atoms with Gasteiger partial charge in [0.2, 0.25) is 5.91 Å². The topological polar surface area (TPSA) is 95.0 Å². The van der Waals surface area contributed by atoms with Crippen LogP contribution in [0.25, 0.3) is 0 Å². The molecule has 2 aliphatic heterocycles. The summed E-state index contributed by atoms with van der Waals surface area (Å²) in [5, 5.41) is 10.7. The molecule has 2 amide bonds. The van der Waals surface area contributed by atoms with Crippen LogP contribution in [0, 0.1) is 29.0 Å². The number of amides is 2. The van der Waals surface area contributed by atoms with Crippen molar-refractivity contribution in [1.82, 2.24) is 5.32 Å². The van der Waals surface area contributed by atoms with Crippen LogP contribution >= 0.6 is 11.8 Å². The Labute approximate surface area is 184 Å². The van der Waals surface area contributed by atoms with E-state index in [1.165, 1.54) is 17.9 Å². The molecule has 3 aliphatic rings. The van der Waals surface area contributed by atoms with Gasteiger partial charge in [-0.2, -0.15) is 11.8 Å². The van der Waals surface area contributed by atoms with Crippen molar-refractivity contribution in [3.8, 4) is 0 Å². The molecule has 4 rings (SSSR count). The van der Waals surface area contributed by atoms with Gasteiger partial charge in [0.15, 0.2) is 5.90 Å². The zero-order valence-electron chi connectivity index (χ0n) is 17.6. The molecule has 0 radical (unpaired) electrons. The van der Waals surface area contributed by atoms with Crippen molar-refractivity contribution in [2.75, 3.05) is 54.6 Å². The number of rotatable bonds is 8. The van der Waals surface area contributed by atoms with E-state index in [2.05, 4.69) is 5.32 Å². The third-order valence-electron chi connectivity index (χ3n) is 6.08. The first kappa shape index (κ1) is 21.7. The van der Waals surface area contributed by atoms with Gasteiger partial charge in [-0.15, -0.1) is 0 Å². The lowest BCUT2D eigenvalue weighted by Gasteiger charge is -2.24. The number of nitrogens with one attached hydrogen (secondary N) is 2. The predicted molar refractivity (Wildman–Crippen MR) is 117 cm³/mol. The molecule has 1 aliphatic carbocycles. The van der Waals surface area contributed by atoms with Crippen LogP contribution in [0.5, 0.6) is 0 Å². The van der Waals surface area contributed by atoms with E-state index < -0.39 is 12.2 Å². The van der Waals surface area contributed by atoms with Crippen LogP contribution in [0.15, 0.2) is 18.2 Å². The average Bonchev–Trinajstić information content (AvgIpc) is 3.05. The molecule has 0 aromatic heterocycles. The first-order valence-electron chi connectivity index (χ1n) is 10.4. The van der Waals surface area contributed by atoms with E-state index in [1.807, 2.05) is 11.2 Å². The van der Waals surface area contributed by atoms with E-state index in [-0.39, 0.29) is 30.7 Å². The minimum Gasteiger partial charge on any atom is -0.480 e. The number of piperidine rings is 1. The fourth-order valence-corrected chi connectivity index (χ4v) is 4.71. The number of nitrogens with zero attached hydrogens (tertiary/aromatic N) is 2. The van der Waals surface area contributed by atoms with Gasteiger partial charge in [0.1, 0.15) is 11.9 Å². The number of ether oxygens (including phenoxy) is 2. The van der Waals surface area contributed by atoms with E-state index in [0.717, 1.165) is 5.75 Å². The quantitative estimate of drug-likeness (QED) is 0.359. The Bertz CT molecular complexity index is 873. The summed E-state index contributed by atoms with van der Waals surface area (Å²) < 4.78 is 25.7. The van der Waals surface area contributed by atoms with Crippen LogP contribution in [0.3, 0.4) is 0 Å². The molecule has 0 spiro atoms. The molecule has 2 heterocycles. The Balaban J connectivity index is 1.33. The Morgan fingerprint density at radius 1 is 1.35 bits per heavy atom. The van der Waals surface area contributed by atoms with Gasteiger partial charge < -0.3 is 19.7 Å². The molecular weight excluding hydrogens is 423 g/mol. The van der Waals surface area contributed by atoms with E-state index in [9.17, 15) is 14.0 Å². The van der Waals surface area contributed by atoms with Crippen molar-refractivity contribution in [2.45, 2.75) is 13.0 Å². The molecule has 168 valence electrons. The number of hydrogen-bond donors (Lipinski definition) is 2. The lowest BCUT2D eigenvalue weighted by atomic mass is 10.2. The van der Waals surface area contributed by atoms with Gasteiger partial charge in [0, 0.05) is 31.7 Å². The van der Waals surface area contributed by atoms with E-state index in [0.29, 0.717) is 48.8 Å². The molecule has 2 N–H and O–H groups in total. The van der Waals surface area contributed by atoms with Gasteiger partial charge in [0.05, 0.1) is 31.1 Å². The van der Waals surface area contributed by atoms with E-state index >= 15 is 0 Å². The molecule has 1 saturated carbocycles. The monoisotopic (exact) mass is 450 g/mol. The highest BCUT2D eigenvalue weighted by atomic mass is 32.2. The number of carbonyl (C=O) groups excluding carboxylic acids is 2. The second-order valence-corrected chi connectivity index (χ2v) is 9.14. The third kappa shape index (κ3) is 4.58. The number of cyclic esters (lactones) is 1. The molecule has 1 aromatic carbocycles. The van der Waals surface area contributed by atoms with Crippen molar-refractivity contribution >= 4 is 41.0 Å². The number of thioether (sulfide) groups is 1. The molecule has 8 nitrogen and oxygen atoms in total. The molecule has 1 unspecified atom stereocenters. The Morgan fingerprint density at radius 2 is 2.10 bits per heavy atom. The van der Waals surface area contributed by atoms with Crippen LogP contribution in [-0.4, -0.2) is 68.8 Å². The average molecular weight is 451 g/mol. The first-order chi connectivity index (χ1) is 14.9. The fourth-order valence-electron chi connectivity index (χ4n) is 4.46. The molecule has 10 heteroatoms. The van der Waals surface area contributed by atoms with Crippen molar-refractivity contribution in [2.24, 2.45) is 17.8 Å². The maximum Gasteiger partial charge on any atom is 0.414 e. The normalized spacial score (nSPS) is 26.5. The molecule has 31 heavy (non-hydrogen) atoms. The van der Waals surface area contributed by atoms with Crippen LogP contribution < -0.4 is 15.1 Å². The van der Waals surface area contributed by atoms with Gasteiger partial charge in [0.25, 0.3) is 0 Å². The molecule has 0 bridgehead atoms. The summed E-state index contributed by atoms with van der Waals surface area (Å²) in [6, 6.07) is 4.76. The van der Waals surface area contributed by atoms with Crippen LogP contribution in [0.1, 0.15) is 6.92 Å². The van der Waals surface area contributed by atoms with Gasteiger partial charge in [-0.3, -0.25) is 15.1 Å². The zero-order chi connectivity index (χ0) is 22.1. The number of carbonyl (C=O) groups is 2. The summed E-state index contributed by atoms with van der Waals surface area (Å²) >= 11 is 1.69. The number of hydrogen-bond acceptors (Lipinski definition) is 7. The van der Waals surface area contributed by atoms with Crippen molar-refractivity contribution in [3.05, 3.63) is 24.0 Å². The highest BCUT2D eigenvalue weighted by Crippen LogP contribution is 2.53.